The van der Waals surface area contributed by atoms with E-state index in [1.165, 1.54) is 0 Å². The number of carbonyl (C=O) groups excluding carboxylic acids is 2. The molecule has 0 aromatic heterocycles. The minimum atomic E-state index is 0.0728. The predicted molar refractivity (Wildman–Crippen MR) is 71.0 cm³/mol. The van der Waals surface area contributed by atoms with Gasteiger partial charge in [0.05, 0.1) is 13.1 Å². The van der Waals surface area contributed by atoms with Crippen molar-refractivity contribution in [3.63, 3.8) is 0 Å². The van der Waals surface area contributed by atoms with Crippen molar-refractivity contribution in [1.82, 2.24) is 9.80 Å². The van der Waals surface area contributed by atoms with Crippen LogP contribution < -0.4 is 5.73 Å². The highest BCUT2D eigenvalue weighted by Crippen LogP contribution is 2.08. The molecule has 0 saturated carbocycles. The van der Waals surface area contributed by atoms with E-state index in [0.29, 0.717) is 13.1 Å². The van der Waals surface area contributed by atoms with Gasteiger partial charge >= 0.3 is 0 Å². The molecule has 1 aliphatic rings. The highest BCUT2D eigenvalue weighted by Gasteiger charge is 2.28. The Morgan fingerprint density at radius 2 is 1.67 bits per heavy atom. The van der Waals surface area contributed by atoms with Gasteiger partial charge in [-0.25, -0.2) is 0 Å². The van der Waals surface area contributed by atoms with Crippen molar-refractivity contribution in [2.24, 2.45) is 5.73 Å². The number of nitrogens with two attached hydrogens (primary N) is 1. The SMILES string of the molecule is CCCN1CC(=O)N(CCCCC(C)N)CC1=O. The van der Waals surface area contributed by atoms with E-state index < -0.39 is 0 Å². The van der Waals surface area contributed by atoms with E-state index in [1.54, 1.807) is 9.80 Å². The normalized spacial score (nSPS) is 18.4. The molecule has 0 aromatic rings. The van der Waals surface area contributed by atoms with Gasteiger partial charge in [0.25, 0.3) is 0 Å². The van der Waals surface area contributed by atoms with Crippen LogP contribution in [0.15, 0.2) is 0 Å². The summed E-state index contributed by atoms with van der Waals surface area (Å²) >= 11 is 0. The average molecular weight is 255 g/mol. The van der Waals surface area contributed by atoms with E-state index in [9.17, 15) is 9.59 Å². The summed E-state index contributed by atoms with van der Waals surface area (Å²) in [5.74, 6) is 0.146. The first kappa shape index (κ1) is 15.0. The van der Waals surface area contributed by atoms with Crippen LogP contribution in [0.3, 0.4) is 0 Å². The van der Waals surface area contributed by atoms with Crippen molar-refractivity contribution in [2.45, 2.75) is 45.6 Å². The number of amides is 2. The van der Waals surface area contributed by atoms with Gasteiger partial charge in [-0.2, -0.15) is 0 Å². The molecule has 0 spiro atoms. The third kappa shape index (κ3) is 4.64. The summed E-state index contributed by atoms with van der Waals surface area (Å²) in [6.07, 6.45) is 3.80. The van der Waals surface area contributed by atoms with Crippen LogP contribution in [0.5, 0.6) is 0 Å². The molecule has 5 heteroatoms. The van der Waals surface area contributed by atoms with Crippen molar-refractivity contribution < 1.29 is 9.59 Å². The zero-order valence-corrected chi connectivity index (χ0v) is 11.5. The van der Waals surface area contributed by atoms with Gasteiger partial charge in [-0.1, -0.05) is 13.3 Å². The summed E-state index contributed by atoms with van der Waals surface area (Å²) in [6.45, 7) is 5.85. The topological polar surface area (TPSA) is 66.6 Å². The fourth-order valence-corrected chi connectivity index (χ4v) is 2.15. The molecule has 5 nitrogen and oxygen atoms in total. The van der Waals surface area contributed by atoms with Crippen LogP contribution in [0.4, 0.5) is 0 Å². The van der Waals surface area contributed by atoms with Crippen molar-refractivity contribution >= 4 is 11.8 Å². The first-order valence-electron chi connectivity index (χ1n) is 6.85. The van der Waals surface area contributed by atoms with E-state index in [0.717, 1.165) is 25.7 Å². The predicted octanol–water partition coefficient (Wildman–Crippen LogP) is 0.585. The van der Waals surface area contributed by atoms with Crippen LogP contribution in [-0.4, -0.2) is 53.8 Å². The van der Waals surface area contributed by atoms with Gasteiger partial charge in [-0.05, 0) is 26.2 Å². The van der Waals surface area contributed by atoms with Gasteiger partial charge < -0.3 is 15.5 Å². The Kier molecular flexibility index (Phi) is 6.12. The van der Waals surface area contributed by atoms with E-state index >= 15 is 0 Å². The molecule has 0 aliphatic carbocycles. The zero-order chi connectivity index (χ0) is 13.5. The maximum atomic E-state index is 11.9. The van der Waals surface area contributed by atoms with Gasteiger partial charge in [0, 0.05) is 19.1 Å². The van der Waals surface area contributed by atoms with Crippen LogP contribution >= 0.6 is 0 Å². The molecule has 2 amide bonds. The van der Waals surface area contributed by atoms with Gasteiger partial charge in [0.1, 0.15) is 0 Å². The monoisotopic (exact) mass is 255 g/mol. The third-order valence-electron chi connectivity index (χ3n) is 3.19. The van der Waals surface area contributed by atoms with E-state index in [1.807, 2.05) is 13.8 Å². The van der Waals surface area contributed by atoms with Gasteiger partial charge in [-0.3, -0.25) is 9.59 Å². The Balaban J connectivity index is 2.31. The Morgan fingerprint density at radius 1 is 1.11 bits per heavy atom. The summed E-state index contributed by atoms with van der Waals surface area (Å²) in [5.41, 5.74) is 5.67. The molecule has 1 heterocycles. The van der Waals surface area contributed by atoms with Crippen LogP contribution in [0.25, 0.3) is 0 Å². The molecular formula is C13H25N3O2. The lowest BCUT2D eigenvalue weighted by molar-refractivity contribution is -0.150. The summed E-state index contributed by atoms with van der Waals surface area (Å²) in [4.78, 5) is 27.0. The molecular weight excluding hydrogens is 230 g/mol. The van der Waals surface area contributed by atoms with Crippen molar-refractivity contribution in [3.8, 4) is 0 Å². The number of hydrogen-bond acceptors (Lipinski definition) is 3. The first-order chi connectivity index (χ1) is 8.54. The number of nitrogens with zero attached hydrogens (tertiary/aromatic N) is 2. The van der Waals surface area contributed by atoms with Gasteiger partial charge in [0.15, 0.2) is 0 Å². The lowest BCUT2D eigenvalue weighted by Gasteiger charge is -2.33. The second-order valence-corrected chi connectivity index (χ2v) is 5.10. The van der Waals surface area contributed by atoms with Crippen molar-refractivity contribution in [2.75, 3.05) is 26.2 Å². The minimum absolute atomic E-state index is 0.0728. The molecule has 0 radical (unpaired) electrons. The summed E-state index contributed by atoms with van der Waals surface area (Å²) < 4.78 is 0. The van der Waals surface area contributed by atoms with Crippen LogP contribution in [0.2, 0.25) is 0 Å². The molecule has 1 fully saturated rings. The fraction of sp³-hybridized carbons (Fsp3) is 0.846. The Hall–Kier alpha value is -1.10. The second-order valence-electron chi connectivity index (χ2n) is 5.10. The van der Waals surface area contributed by atoms with E-state index in [-0.39, 0.29) is 30.9 Å². The maximum Gasteiger partial charge on any atom is 0.242 e. The number of unbranched alkanes of at least 4 members (excludes halogenated alkanes) is 1. The summed E-state index contributed by atoms with van der Waals surface area (Å²) in [7, 11) is 0. The molecule has 18 heavy (non-hydrogen) atoms. The Labute approximate surface area is 109 Å². The average Bonchev–Trinajstić information content (AvgIpc) is 2.30. The van der Waals surface area contributed by atoms with Crippen LogP contribution in [0, 0.1) is 0 Å². The molecule has 1 rings (SSSR count). The number of rotatable bonds is 7. The summed E-state index contributed by atoms with van der Waals surface area (Å²) in [5, 5.41) is 0. The standard InChI is InChI=1S/C13H25N3O2/c1-3-7-15-9-13(18)16(10-12(15)17)8-5-4-6-11(2)14/h11H,3-10,14H2,1-2H3. The molecule has 1 atom stereocenters. The van der Waals surface area contributed by atoms with E-state index in [2.05, 4.69) is 0 Å². The quantitative estimate of drug-likeness (QED) is 0.677. The smallest absolute Gasteiger partial charge is 0.242 e. The number of hydrogen-bond donors (Lipinski definition) is 1. The first-order valence-corrected chi connectivity index (χ1v) is 6.85. The Morgan fingerprint density at radius 3 is 2.17 bits per heavy atom. The molecule has 2 N–H and O–H groups in total. The molecule has 104 valence electrons. The van der Waals surface area contributed by atoms with E-state index in [4.69, 9.17) is 5.73 Å². The minimum Gasteiger partial charge on any atom is -0.332 e. The van der Waals surface area contributed by atoms with Gasteiger partial charge in [0.2, 0.25) is 11.8 Å². The highest BCUT2D eigenvalue weighted by atomic mass is 16.2. The molecule has 1 unspecified atom stereocenters. The Bertz CT molecular complexity index is 292. The van der Waals surface area contributed by atoms with Crippen LogP contribution in [-0.2, 0) is 9.59 Å². The zero-order valence-electron chi connectivity index (χ0n) is 11.5. The molecule has 0 bridgehead atoms. The van der Waals surface area contributed by atoms with Crippen LogP contribution in [0.1, 0.15) is 39.5 Å². The number of piperazine rings is 1. The lowest BCUT2D eigenvalue weighted by Crippen LogP contribution is -2.54. The van der Waals surface area contributed by atoms with Crippen molar-refractivity contribution in [3.05, 3.63) is 0 Å². The fourth-order valence-electron chi connectivity index (χ4n) is 2.15. The summed E-state index contributed by atoms with van der Waals surface area (Å²) in [6, 6.07) is 0.212. The number of carbonyl (C=O) groups is 2. The second kappa shape index (κ2) is 7.36. The largest absolute Gasteiger partial charge is 0.332 e. The van der Waals surface area contributed by atoms with Gasteiger partial charge in [-0.15, -0.1) is 0 Å². The molecule has 1 saturated heterocycles. The molecule has 1 aliphatic heterocycles. The third-order valence-corrected chi connectivity index (χ3v) is 3.19. The lowest BCUT2D eigenvalue weighted by atomic mass is 10.1. The highest BCUT2D eigenvalue weighted by molar-refractivity contribution is 5.92. The van der Waals surface area contributed by atoms with Crippen molar-refractivity contribution in [1.29, 1.82) is 0 Å². The molecule has 0 aromatic carbocycles. The maximum absolute atomic E-state index is 11.9.